The van der Waals surface area contributed by atoms with Gasteiger partial charge in [0, 0.05) is 11.0 Å². The molecule has 0 N–H and O–H groups in total. The Bertz CT molecular complexity index is 686. The predicted octanol–water partition coefficient (Wildman–Crippen LogP) is 0.0614. The van der Waals surface area contributed by atoms with Crippen molar-refractivity contribution in [3.8, 4) is 5.75 Å². The second kappa shape index (κ2) is 7.55. The molecule has 1 saturated carbocycles. The van der Waals surface area contributed by atoms with E-state index in [1.807, 2.05) is 6.92 Å². The number of ether oxygens (including phenoxy) is 1. The van der Waals surface area contributed by atoms with Gasteiger partial charge < -0.3 is 14.6 Å². The van der Waals surface area contributed by atoms with Gasteiger partial charge in [0.1, 0.15) is 17.4 Å². The zero-order chi connectivity index (χ0) is 16.8. The van der Waals surface area contributed by atoms with Gasteiger partial charge in [0.2, 0.25) is 0 Å². The van der Waals surface area contributed by atoms with Crippen molar-refractivity contribution in [3.63, 3.8) is 0 Å². The first kappa shape index (κ1) is 20.1. The number of ketones is 1. The molecule has 3 rings (SSSR count). The maximum Gasteiger partial charge on any atom is 1.00 e. The van der Waals surface area contributed by atoms with Crippen LogP contribution in [0, 0.1) is 11.3 Å². The van der Waals surface area contributed by atoms with Gasteiger partial charge in [-0.05, 0) is 36.8 Å². The van der Waals surface area contributed by atoms with Gasteiger partial charge >= 0.3 is 29.6 Å². The molecule has 0 amide bonds. The maximum atomic E-state index is 13.0. The van der Waals surface area contributed by atoms with Gasteiger partial charge in [0.25, 0.3) is 0 Å². The molecule has 2 aliphatic rings. The van der Waals surface area contributed by atoms with E-state index in [0.717, 1.165) is 31.2 Å². The van der Waals surface area contributed by atoms with E-state index in [4.69, 9.17) is 27.9 Å². The number of carboxylic acid groups (broad SMARTS) is 1. The van der Waals surface area contributed by atoms with Crippen LogP contribution in [0.15, 0.2) is 6.07 Å². The molecular weight excluding hydrogens is 362 g/mol. The summed E-state index contributed by atoms with van der Waals surface area (Å²) in [4.78, 5) is 23.5. The quantitative estimate of drug-likeness (QED) is 0.695. The Morgan fingerprint density at radius 1 is 1.33 bits per heavy atom. The third-order valence-corrected chi connectivity index (χ3v) is 6.01. The van der Waals surface area contributed by atoms with E-state index >= 15 is 0 Å². The van der Waals surface area contributed by atoms with Crippen LogP contribution in [0.1, 0.15) is 48.5 Å². The van der Waals surface area contributed by atoms with Crippen LogP contribution in [0.5, 0.6) is 5.75 Å². The molecule has 1 aromatic carbocycles. The van der Waals surface area contributed by atoms with Crippen molar-refractivity contribution >= 4 is 35.0 Å². The Hall–Kier alpha value is -0.260. The van der Waals surface area contributed by atoms with Crippen molar-refractivity contribution in [2.75, 3.05) is 6.61 Å². The number of benzene rings is 1. The molecule has 0 spiro atoms. The fraction of sp³-hybridized carbons (Fsp3) is 0.529. The SMILES string of the molecule is CC1(C2CCCC2)Cc2cc(OCC(=O)[O-])c(Cl)c(Cl)c2C1=O.[Na+]. The van der Waals surface area contributed by atoms with Crippen molar-refractivity contribution in [1.29, 1.82) is 0 Å². The molecule has 1 aromatic rings. The minimum atomic E-state index is -1.34. The zero-order valence-electron chi connectivity index (χ0n) is 13.8. The molecule has 24 heavy (non-hydrogen) atoms. The molecule has 0 saturated heterocycles. The zero-order valence-corrected chi connectivity index (χ0v) is 17.3. The molecular formula is C17H17Cl2NaO4. The Morgan fingerprint density at radius 3 is 2.54 bits per heavy atom. The molecule has 4 nitrogen and oxygen atoms in total. The van der Waals surface area contributed by atoms with Crippen LogP contribution in [-0.2, 0) is 11.2 Å². The number of fused-ring (bicyclic) bond motifs is 1. The second-order valence-corrected chi connectivity index (χ2v) is 7.36. The average molecular weight is 379 g/mol. The Balaban J connectivity index is 0.00000208. The normalized spacial score (nSPS) is 23.0. The molecule has 1 unspecified atom stereocenters. The van der Waals surface area contributed by atoms with Crippen molar-refractivity contribution in [3.05, 3.63) is 27.2 Å². The molecule has 0 heterocycles. The van der Waals surface area contributed by atoms with E-state index in [-0.39, 0.29) is 51.1 Å². The summed E-state index contributed by atoms with van der Waals surface area (Å²) in [5.41, 5.74) is 0.790. The number of carbonyl (C=O) groups is 2. The summed E-state index contributed by atoms with van der Waals surface area (Å²) in [6.45, 7) is 1.39. The van der Waals surface area contributed by atoms with Gasteiger partial charge in [-0.3, -0.25) is 4.79 Å². The number of hydrogen-bond acceptors (Lipinski definition) is 4. The number of carbonyl (C=O) groups excluding carboxylic acids is 2. The number of rotatable bonds is 4. The summed E-state index contributed by atoms with van der Waals surface area (Å²) in [5, 5.41) is 10.8. The predicted molar refractivity (Wildman–Crippen MR) is 85.1 cm³/mol. The molecule has 124 valence electrons. The van der Waals surface area contributed by atoms with Crippen molar-refractivity contribution < 1.29 is 49.0 Å². The number of halogens is 2. The van der Waals surface area contributed by atoms with Crippen molar-refractivity contribution in [2.24, 2.45) is 11.3 Å². The smallest absolute Gasteiger partial charge is 0.546 e. The third-order valence-electron chi connectivity index (χ3n) is 5.16. The first-order valence-electron chi connectivity index (χ1n) is 7.73. The number of aliphatic carboxylic acids is 1. The summed E-state index contributed by atoms with van der Waals surface area (Å²) in [6, 6.07) is 1.64. The fourth-order valence-electron chi connectivity index (χ4n) is 3.93. The van der Waals surface area contributed by atoms with Gasteiger partial charge in [-0.25, -0.2) is 0 Å². The Labute approximate surface area is 173 Å². The molecule has 0 aliphatic heterocycles. The molecule has 0 radical (unpaired) electrons. The molecule has 1 fully saturated rings. The van der Waals surface area contributed by atoms with Crippen LogP contribution in [0.25, 0.3) is 0 Å². The van der Waals surface area contributed by atoms with Crippen LogP contribution < -0.4 is 39.4 Å². The van der Waals surface area contributed by atoms with Crippen LogP contribution >= 0.6 is 23.2 Å². The summed E-state index contributed by atoms with van der Waals surface area (Å²) in [6.07, 6.45) is 4.99. The summed E-state index contributed by atoms with van der Waals surface area (Å²) in [5.74, 6) is -0.768. The van der Waals surface area contributed by atoms with Crippen LogP contribution in [0.3, 0.4) is 0 Å². The first-order valence-corrected chi connectivity index (χ1v) is 8.48. The van der Waals surface area contributed by atoms with Crippen molar-refractivity contribution in [2.45, 2.75) is 39.0 Å². The van der Waals surface area contributed by atoms with Gasteiger partial charge in [-0.15, -0.1) is 0 Å². The summed E-state index contributed by atoms with van der Waals surface area (Å²) < 4.78 is 5.14. The molecule has 1 atom stereocenters. The van der Waals surface area contributed by atoms with Gasteiger partial charge in [0.15, 0.2) is 5.78 Å². The molecule has 0 bridgehead atoms. The van der Waals surface area contributed by atoms with E-state index in [0.29, 0.717) is 17.9 Å². The van der Waals surface area contributed by atoms with E-state index in [1.165, 1.54) is 0 Å². The number of Topliss-reactive ketones (excluding diaryl/α,β-unsaturated/α-hetero) is 1. The van der Waals surface area contributed by atoms with Crippen molar-refractivity contribution in [1.82, 2.24) is 0 Å². The largest absolute Gasteiger partial charge is 1.00 e. The number of carboxylic acids is 1. The number of hydrogen-bond donors (Lipinski definition) is 0. The monoisotopic (exact) mass is 378 g/mol. The summed E-state index contributed by atoms with van der Waals surface area (Å²) in [7, 11) is 0. The van der Waals surface area contributed by atoms with Gasteiger partial charge in [0.05, 0.1) is 11.0 Å². The average Bonchev–Trinajstić information content (AvgIpc) is 3.10. The fourth-order valence-corrected chi connectivity index (χ4v) is 4.44. The van der Waals surface area contributed by atoms with Crippen LogP contribution in [-0.4, -0.2) is 18.4 Å². The Morgan fingerprint density at radius 2 is 1.96 bits per heavy atom. The van der Waals surface area contributed by atoms with E-state index < -0.39 is 18.0 Å². The third kappa shape index (κ3) is 3.36. The van der Waals surface area contributed by atoms with Crippen LogP contribution in [0.2, 0.25) is 10.0 Å². The topological polar surface area (TPSA) is 66.4 Å². The van der Waals surface area contributed by atoms with Gasteiger partial charge in [-0.1, -0.05) is 43.0 Å². The standard InChI is InChI=1S/C17H18Cl2O4.Na/c1-17(10-4-2-3-5-10)7-9-6-11(23-8-12(20)21)14(18)15(19)13(9)16(17)22;/h6,10H,2-5,7-8H2,1H3,(H,20,21);/q;+1/p-1. The first-order chi connectivity index (χ1) is 10.8. The maximum absolute atomic E-state index is 13.0. The minimum absolute atomic E-state index is 0. The molecule has 2 aliphatic carbocycles. The Kier molecular flexibility index (Phi) is 6.31. The van der Waals surface area contributed by atoms with Gasteiger partial charge in [-0.2, -0.15) is 0 Å². The second-order valence-electron chi connectivity index (χ2n) is 6.60. The van der Waals surface area contributed by atoms with E-state index in [2.05, 4.69) is 0 Å². The van der Waals surface area contributed by atoms with E-state index in [1.54, 1.807) is 6.07 Å². The molecule has 7 heteroatoms. The summed E-state index contributed by atoms with van der Waals surface area (Å²) >= 11 is 12.4. The van der Waals surface area contributed by atoms with E-state index in [9.17, 15) is 14.7 Å². The molecule has 0 aromatic heterocycles. The van der Waals surface area contributed by atoms with Crippen LogP contribution in [0.4, 0.5) is 0 Å². The minimum Gasteiger partial charge on any atom is -0.546 e.